The predicted octanol–water partition coefficient (Wildman–Crippen LogP) is 2.09. The van der Waals surface area contributed by atoms with Gasteiger partial charge in [0.15, 0.2) is 5.16 Å². The molecule has 0 aliphatic carbocycles. The summed E-state index contributed by atoms with van der Waals surface area (Å²) in [6.45, 7) is 5.10. The van der Waals surface area contributed by atoms with Crippen LogP contribution in [-0.2, 0) is 14.3 Å². The van der Waals surface area contributed by atoms with Crippen LogP contribution in [-0.4, -0.2) is 68.5 Å². The van der Waals surface area contributed by atoms with E-state index in [1.54, 1.807) is 11.2 Å². The van der Waals surface area contributed by atoms with E-state index in [4.69, 9.17) is 4.74 Å². The molecule has 1 aromatic heterocycles. The first-order chi connectivity index (χ1) is 13.0. The van der Waals surface area contributed by atoms with Gasteiger partial charge in [-0.3, -0.25) is 14.2 Å². The standard InChI is InChI=1S/C18H22N4O3S2/c1-12-4-5-13(2)14(8-12)22-11-19-20-18(22)27-10-16(23)21-6-7-26-15(9-21)17(24)25-3/h4-5,8,11,15H,6-7,9-10H2,1-3H3/t15-/m1/s1. The molecule has 144 valence electrons. The molecule has 1 amide bonds. The van der Waals surface area contributed by atoms with E-state index in [1.807, 2.05) is 18.4 Å². The number of amides is 1. The van der Waals surface area contributed by atoms with Crippen LogP contribution in [0.2, 0.25) is 0 Å². The van der Waals surface area contributed by atoms with E-state index in [1.165, 1.54) is 30.6 Å². The summed E-state index contributed by atoms with van der Waals surface area (Å²) in [6.07, 6.45) is 1.67. The largest absolute Gasteiger partial charge is 0.468 e. The van der Waals surface area contributed by atoms with Crippen molar-refractivity contribution in [1.29, 1.82) is 0 Å². The second-order valence-corrected chi connectivity index (χ2v) is 8.54. The second-order valence-electron chi connectivity index (χ2n) is 6.28. The zero-order chi connectivity index (χ0) is 19.4. The highest BCUT2D eigenvalue weighted by atomic mass is 32.2. The summed E-state index contributed by atoms with van der Waals surface area (Å²) >= 11 is 2.89. The van der Waals surface area contributed by atoms with Gasteiger partial charge in [0.1, 0.15) is 11.6 Å². The van der Waals surface area contributed by atoms with E-state index < -0.39 is 0 Å². The van der Waals surface area contributed by atoms with Crippen molar-refractivity contribution in [2.75, 3.05) is 31.7 Å². The number of thioether (sulfide) groups is 2. The highest BCUT2D eigenvalue weighted by molar-refractivity contribution is 8.00. The third kappa shape index (κ3) is 4.65. The average molecular weight is 407 g/mol. The Morgan fingerprint density at radius 3 is 2.96 bits per heavy atom. The van der Waals surface area contributed by atoms with E-state index in [0.717, 1.165) is 22.6 Å². The van der Waals surface area contributed by atoms with Gasteiger partial charge in [-0.15, -0.1) is 22.0 Å². The van der Waals surface area contributed by atoms with Gasteiger partial charge in [-0.05, 0) is 31.0 Å². The lowest BCUT2D eigenvalue weighted by Gasteiger charge is -2.30. The fraction of sp³-hybridized carbons (Fsp3) is 0.444. The van der Waals surface area contributed by atoms with Gasteiger partial charge in [0.2, 0.25) is 5.91 Å². The first-order valence-corrected chi connectivity index (χ1v) is 10.6. The molecular formula is C18H22N4O3S2. The zero-order valence-electron chi connectivity index (χ0n) is 15.5. The Bertz CT molecular complexity index is 840. The van der Waals surface area contributed by atoms with E-state index in [0.29, 0.717) is 18.2 Å². The summed E-state index contributed by atoms with van der Waals surface area (Å²) < 4.78 is 6.70. The molecule has 0 saturated carbocycles. The van der Waals surface area contributed by atoms with Crippen molar-refractivity contribution in [3.63, 3.8) is 0 Å². The highest BCUT2D eigenvalue weighted by Gasteiger charge is 2.29. The lowest BCUT2D eigenvalue weighted by atomic mass is 10.1. The maximum absolute atomic E-state index is 12.6. The lowest BCUT2D eigenvalue weighted by molar-refractivity contribution is -0.141. The smallest absolute Gasteiger partial charge is 0.320 e. The molecule has 3 rings (SSSR count). The Hall–Kier alpha value is -2.00. The van der Waals surface area contributed by atoms with E-state index >= 15 is 0 Å². The third-order valence-electron chi connectivity index (χ3n) is 4.35. The molecule has 1 aliphatic heterocycles. The van der Waals surface area contributed by atoms with Gasteiger partial charge in [-0.1, -0.05) is 23.9 Å². The van der Waals surface area contributed by atoms with Crippen molar-refractivity contribution >= 4 is 35.4 Å². The van der Waals surface area contributed by atoms with Crippen molar-refractivity contribution in [3.05, 3.63) is 35.7 Å². The quantitative estimate of drug-likeness (QED) is 0.556. The van der Waals surface area contributed by atoms with Crippen LogP contribution in [0.1, 0.15) is 11.1 Å². The van der Waals surface area contributed by atoms with Crippen LogP contribution in [0, 0.1) is 13.8 Å². The Labute approximate surface area is 166 Å². The van der Waals surface area contributed by atoms with Crippen LogP contribution in [0.15, 0.2) is 29.7 Å². The number of carbonyl (C=O) groups excluding carboxylic acids is 2. The maximum atomic E-state index is 12.6. The molecule has 9 heteroatoms. The number of nitrogens with zero attached hydrogens (tertiary/aromatic N) is 4. The Morgan fingerprint density at radius 1 is 1.37 bits per heavy atom. The molecule has 7 nitrogen and oxygen atoms in total. The Morgan fingerprint density at radius 2 is 2.19 bits per heavy atom. The number of methoxy groups -OCH3 is 1. The topological polar surface area (TPSA) is 77.3 Å². The number of aromatic nitrogens is 3. The van der Waals surface area contributed by atoms with Crippen LogP contribution >= 0.6 is 23.5 Å². The second kappa shape index (κ2) is 8.79. The normalized spacial score (nSPS) is 17.0. The number of esters is 1. The summed E-state index contributed by atoms with van der Waals surface area (Å²) in [5.41, 5.74) is 3.27. The number of benzene rings is 1. The predicted molar refractivity (Wildman–Crippen MR) is 106 cm³/mol. The van der Waals surface area contributed by atoms with E-state index in [-0.39, 0.29) is 22.9 Å². The number of aryl methyl sites for hydroxylation is 2. The van der Waals surface area contributed by atoms with Gasteiger partial charge < -0.3 is 9.64 Å². The molecule has 0 unspecified atom stereocenters. The van der Waals surface area contributed by atoms with E-state index in [2.05, 4.69) is 28.4 Å². The summed E-state index contributed by atoms with van der Waals surface area (Å²) in [5, 5.41) is 8.54. The summed E-state index contributed by atoms with van der Waals surface area (Å²) in [7, 11) is 1.37. The van der Waals surface area contributed by atoms with Gasteiger partial charge in [-0.2, -0.15) is 0 Å². The van der Waals surface area contributed by atoms with Gasteiger partial charge in [0.25, 0.3) is 0 Å². The summed E-state index contributed by atoms with van der Waals surface area (Å²) in [4.78, 5) is 26.1. The number of rotatable bonds is 5. The number of hydrogen-bond acceptors (Lipinski definition) is 7. The monoisotopic (exact) mass is 406 g/mol. The van der Waals surface area contributed by atoms with Crippen molar-refractivity contribution in [3.8, 4) is 5.69 Å². The zero-order valence-corrected chi connectivity index (χ0v) is 17.2. The minimum absolute atomic E-state index is 0.00952. The minimum atomic E-state index is -0.309. The Kier molecular flexibility index (Phi) is 6.43. The first kappa shape index (κ1) is 19.8. The SMILES string of the molecule is COC(=O)[C@H]1CN(C(=O)CSc2nncn2-c2cc(C)ccc2C)CCS1. The number of ether oxygens (including phenoxy) is 1. The molecule has 27 heavy (non-hydrogen) atoms. The van der Waals surface area contributed by atoms with Crippen LogP contribution in [0.25, 0.3) is 5.69 Å². The molecule has 2 aromatic rings. The molecule has 1 saturated heterocycles. The molecule has 0 N–H and O–H groups in total. The molecule has 0 bridgehead atoms. The van der Waals surface area contributed by atoms with Crippen molar-refractivity contribution in [2.45, 2.75) is 24.3 Å². The molecular weight excluding hydrogens is 384 g/mol. The molecule has 1 aromatic carbocycles. The average Bonchev–Trinajstić information content (AvgIpc) is 3.15. The molecule has 1 aliphatic rings. The van der Waals surface area contributed by atoms with Crippen LogP contribution in [0.4, 0.5) is 0 Å². The first-order valence-electron chi connectivity index (χ1n) is 8.57. The molecule has 1 fully saturated rings. The van der Waals surface area contributed by atoms with Gasteiger partial charge in [0.05, 0.1) is 18.6 Å². The number of carbonyl (C=O) groups is 2. The minimum Gasteiger partial charge on any atom is -0.468 e. The van der Waals surface area contributed by atoms with Gasteiger partial charge in [0, 0.05) is 18.8 Å². The number of hydrogen-bond donors (Lipinski definition) is 0. The molecule has 2 heterocycles. The summed E-state index contributed by atoms with van der Waals surface area (Å²) in [5.74, 6) is 0.696. The maximum Gasteiger partial charge on any atom is 0.320 e. The van der Waals surface area contributed by atoms with Gasteiger partial charge >= 0.3 is 5.97 Å². The third-order valence-corrected chi connectivity index (χ3v) is 6.44. The lowest BCUT2D eigenvalue weighted by Crippen LogP contribution is -2.45. The molecule has 0 radical (unpaired) electrons. The summed E-state index contributed by atoms with van der Waals surface area (Å²) in [6, 6.07) is 6.20. The van der Waals surface area contributed by atoms with Crippen molar-refractivity contribution in [1.82, 2.24) is 19.7 Å². The van der Waals surface area contributed by atoms with Gasteiger partial charge in [-0.25, -0.2) is 0 Å². The van der Waals surface area contributed by atoms with Crippen LogP contribution < -0.4 is 0 Å². The molecule has 0 spiro atoms. The van der Waals surface area contributed by atoms with Crippen molar-refractivity contribution in [2.24, 2.45) is 0 Å². The fourth-order valence-corrected chi connectivity index (χ4v) is 4.79. The van der Waals surface area contributed by atoms with Crippen LogP contribution in [0.5, 0.6) is 0 Å². The molecule has 1 atom stereocenters. The Balaban J connectivity index is 1.66. The van der Waals surface area contributed by atoms with Crippen molar-refractivity contribution < 1.29 is 14.3 Å². The fourth-order valence-electron chi connectivity index (χ4n) is 2.83. The van der Waals surface area contributed by atoms with Crippen LogP contribution in [0.3, 0.4) is 0 Å². The highest BCUT2D eigenvalue weighted by Crippen LogP contribution is 2.24. The van der Waals surface area contributed by atoms with E-state index in [9.17, 15) is 9.59 Å².